The lowest BCUT2D eigenvalue weighted by molar-refractivity contribution is 0.524. The summed E-state index contributed by atoms with van der Waals surface area (Å²) in [6, 6.07) is 9.19. The third-order valence-electron chi connectivity index (χ3n) is 2.65. The van der Waals surface area contributed by atoms with E-state index in [2.05, 4.69) is 57.8 Å². The molecule has 0 saturated carbocycles. The van der Waals surface area contributed by atoms with Gasteiger partial charge in [0.25, 0.3) is 0 Å². The van der Waals surface area contributed by atoms with Gasteiger partial charge in [-0.05, 0) is 58.9 Å². The second-order valence-corrected chi connectivity index (χ2v) is 7.40. The molecule has 1 atom stereocenters. The monoisotopic (exact) mass is 329 g/mol. The molecule has 0 aliphatic carbocycles. The standard InChI is InChI=1S/C13H16BrNS2/c1-2-15-11(12-7-8-13(14)17-12)6-5-10-4-3-9-16-10/h3-4,7-9,11,15H,2,5-6H2,1H3. The van der Waals surface area contributed by atoms with Crippen LogP contribution in [0.5, 0.6) is 0 Å². The molecule has 0 saturated heterocycles. The fourth-order valence-electron chi connectivity index (χ4n) is 1.85. The summed E-state index contributed by atoms with van der Waals surface area (Å²) in [6.45, 7) is 3.19. The molecule has 2 heterocycles. The molecular weight excluding hydrogens is 314 g/mol. The van der Waals surface area contributed by atoms with Crippen molar-refractivity contribution in [3.63, 3.8) is 0 Å². The Labute approximate surface area is 119 Å². The Balaban J connectivity index is 1.97. The van der Waals surface area contributed by atoms with E-state index < -0.39 is 0 Å². The predicted octanol–water partition coefficient (Wildman–Crippen LogP) is 4.86. The molecule has 1 unspecified atom stereocenters. The van der Waals surface area contributed by atoms with Crippen molar-refractivity contribution < 1.29 is 0 Å². The summed E-state index contributed by atoms with van der Waals surface area (Å²) in [5, 5.41) is 5.72. The first-order valence-corrected chi connectivity index (χ1v) is 8.29. The Hall–Kier alpha value is -0.160. The fraction of sp³-hybridized carbons (Fsp3) is 0.385. The van der Waals surface area contributed by atoms with Crippen LogP contribution in [-0.4, -0.2) is 6.54 Å². The van der Waals surface area contributed by atoms with Gasteiger partial charge in [0, 0.05) is 15.8 Å². The number of aryl methyl sites for hydroxylation is 1. The quantitative estimate of drug-likeness (QED) is 0.798. The van der Waals surface area contributed by atoms with Gasteiger partial charge in [0.05, 0.1) is 3.79 Å². The highest BCUT2D eigenvalue weighted by Crippen LogP contribution is 2.30. The van der Waals surface area contributed by atoms with Gasteiger partial charge in [-0.15, -0.1) is 22.7 Å². The van der Waals surface area contributed by atoms with Gasteiger partial charge in [0.15, 0.2) is 0 Å². The summed E-state index contributed by atoms with van der Waals surface area (Å²) in [5.41, 5.74) is 0. The molecular formula is C13H16BrNS2. The second-order valence-electron chi connectivity index (χ2n) is 3.87. The van der Waals surface area contributed by atoms with Crippen molar-refractivity contribution in [2.75, 3.05) is 6.54 Å². The zero-order chi connectivity index (χ0) is 12.1. The van der Waals surface area contributed by atoms with Crippen LogP contribution in [0.4, 0.5) is 0 Å². The first kappa shape index (κ1) is 13.3. The zero-order valence-electron chi connectivity index (χ0n) is 9.78. The highest BCUT2D eigenvalue weighted by molar-refractivity contribution is 9.11. The third-order valence-corrected chi connectivity index (χ3v) is 5.32. The molecule has 92 valence electrons. The molecule has 0 radical (unpaired) electrons. The van der Waals surface area contributed by atoms with Gasteiger partial charge in [-0.25, -0.2) is 0 Å². The van der Waals surface area contributed by atoms with Gasteiger partial charge in [0.1, 0.15) is 0 Å². The van der Waals surface area contributed by atoms with E-state index in [9.17, 15) is 0 Å². The van der Waals surface area contributed by atoms with Gasteiger partial charge in [0.2, 0.25) is 0 Å². The smallest absolute Gasteiger partial charge is 0.0701 e. The van der Waals surface area contributed by atoms with E-state index in [1.54, 1.807) is 0 Å². The van der Waals surface area contributed by atoms with Gasteiger partial charge in [-0.1, -0.05) is 13.0 Å². The summed E-state index contributed by atoms with van der Waals surface area (Å²) in [7, 11) is 0. The number of halogens is 1. The lowest BCUT2D eigenvalue weighted by atomic mass is 10.1. The lowest BCUT2D eigenvalue weighted by Crippen LogP contribution is -2.20. The van der Waals surface area contributed by atoms with Crippen LogP contribution in [0.25, 0.3) is 0 Å². The normalized spacial score (nSPS) is 12.8. The van der Waals surface area contributed by atoms with E-state index in [-0.39, 0.29) is 0 Å². The largest absolute Gasteiger partial charge is 0.310 e. The van der Waals surface area contributed by atoms with Gasteiger partial charge in [-0.3, -0.25) is 0 Å². The average molecular weight is 330 g/mol. The van der Waals surface area contributed by atoms with Crippen LogP contribution in [0.2, 0.25) is 0 Å². The average Bonchev–Trinajstić information content (AvgIpc) is 2.95. The molecule has 4 heteroatoms. The molecule has 2 aromatic rings. The molecule has 17 heavy (non-hydrogen) atoms. The summed E-state index contributed by atoms with van der Waals surface area (Å²) in [4.78, 5) is 2.90. The van der Waals surface area contributed by atoms with Crippen molar-refractivity contribution in [2.45, 2.75) is 25.8 Å². The number of hydrogen-bond acceptors (Lipinski definition) is 3. The minimum Gasteiger partial charge on any atom is -0.310 e. The van der Waals surface area contributed by atoms with Crippen LogP contribution in [-0.2, 0) is 6.42 Å². The summed E-state index contributed by atoms with van der Waals surface area (Å²) in [5.74, 6) is 0. The van der Waals surface area contributed by atoms with E-state index in [1.807, 2.05) is 22.7 Å². The zero-order valence-corrected chi connectivity index (χ0v) is 13.0. The van der Waals surface area contributed by atoms with Crippen molar-refractivity contribution in [2.24, 2.45) is 0 Å². The van der Waals surface area contributed by atoms with Crippen molar-refractivity contribution >= 4 is 38.6 Å². The van der Waals surface area contributed by atoms with Crippen molar-refractivity contribution in [1.82, 2.24) is 5.32 Å². The Morgan fingerprint density at radius 1 is 1.35 bits per heavy atom. The topological polar surface area (TPSA) is 12.0 Å². The predicted molar refractivity (Wildman–Crippen MR) is 81.1 cm³/mol. The van der Waals surface area contributed by atoms with Crippen LogP contribution >= 0.6 is 38.6 Å². The van der Waals surface area contributed by atoms with Crippen LogP contribution in [0.1, 0.15) is 29.1 Å². The van der Waals surface area contributed by atoms with Crippen LogP contribution < -0.4 is 5.32 Å². The Bertz CT molecular complexity index is 436. The maximum atomic E-state index is 3.57. The molecule has 0 amide bonds. The molecule has 0 bridgehead atoms. The SMILES string of the molecule is CCNC(CCc1cccs1)c1ccc(Br)s1. The number of thiophene rings is 2. The summed E-state index contributed by atoms with van der Waals surface area (Å²) >= 11 is 7.21. The molecule has 2 rings (SSSR count). The highest BCUT2D eigenvalue weighted by Gasteiger charge is 2.12. The minimum absolute atomic E-state index is 0.485. The first-order chi connectivity index (χ1) is 8.29. The van der Waals surface area contributed by atoms with E-state index in [4.69, 9.17) is 0 Å². The van der Waals surface area contributed by atoms with Crippen LogP contribution in [0, 0.1) is 0 Å². The van der Waals surface area contributed by atoms with Crippen LogP contribution in [0.3, 0.4) is 0 Å². The van der Waals surface area contributed by atoms with E-state index in [0.29, 0.717) is 6.04 Å². The van der Waals surface area contributed by atoms with Gasteiger partial charge >= 0.3 is 0 Å². The van der Waals surface area contributed by atoms with Crippen molar-refractivity contribution in [3.8, 4) is 0 Å². The second kappa shape index (κ2) is 6.69. The molecule has 1 nitrogen and oxygen atoms in total. The maximum Gasteiger partial charge on any atom is 0.0701 e. The van der Waals surface area contributed by atoms with Crippen molar-refractivity contribution in [1.29, 1.82) is 0 Å². The summed E-state index contributed by atoms with van der Waals surface area (Å²) in [6.07, 6.45) is 2.33. The molecule has 0 aromatic carbocycles. The molecule has 0 aliphatic heterocycles. The van der Waals surface area contributed by atoms with Gasteiger partial charge in [-0.2, -0.15) is 0 Å². The van der Waals surface area contributed by atoms with Crippen molar-refractivity contribution in [3.05, 3.63) is 43.2 Å². The molecule has 2 aromatic heterocycles. The number of rotatable bonds is 6. The Morgan fingerprint density at radius 3 is 2.82 bits per heavy atom. The van der Waals surface area contributed by atoms with E-state index in [0.717, 1.165) is 13.0 Å². The first-order valence-electron chi connectivity index (χ1n) is 5.80. The van der Waals surface area contributed by atoms with Crippen LogP contribution in [0.15, 0.2) is 33.4 Å². The number of hydrogen-bond donors (Lipinski definition) is 1. The molecule has 1 N–H and O–H groups in total. The number of nitrogens with one attached hydrogen (secondary N) is 1. The van der Waals surface area contributed by atoms with E-state index in [1.165, 1.54) is 20.0 Å². The maximum absolute atomic E-state index is 3.57. The Morgan fingerprint density at radius 2 is 2.24 bits per heavy atom. The minimum atomic E-state index is 0.485. The third kappa shape index (κ3) is 3.91. The molecule has 0 spiro atoms. The fourth-order valence-corrected chi connectivity index (χ4v) is 4.11. The Kier molecular flexibility index (Phi) is 5.22. The molecule has 0 aliphatic rings. The summed E-state index contributed by atoms with van der Waals surface area (Å²) < 4.78 is 1.21. The lowest BCUT2D eigenvalue weighted by Gasteiger charge is -2.15. The highest BCUT2D eigenvalue weighted by atomic mass is 79.9. The molecule has 0 fully saturated rings. The van der Waals surface area contributed by atoms with E-state index >= 15 is 0 Å². The van der Waals surface area contributed by atoms with Gasteiger partial charge < -0.3 is 5.32 Å².